The molecular weight excluding hydrogens is 409 g/mol. The van der Waals surface area contributed by atoms with Gasteiger partial charge in [0.15, 0.2) is 6.61 Å². The van der Waals surface area contributed by atoms with Crippen molar-refractivity contribution in [3.05, 3.63) is 94.8 Å². The summed E-state index contributed by atoms with van der Waals surface area (Å²) in [7, 11) is 0. The quantitative estimate of drug-likeness (QED) is 0.422. The van der Waals surface area contributed by atoms with Crippen LogP contribution in [-0.2, 0) is 4.79 Å². The topological polar surface area (TPSA) is 79.8 Å². The van der Waals surface area contributed by atoms with Crippen molar-refractivity contribution in [1.29, 1.82) is 0 Å². The highest BCUT2D eigenvalue weighted by molar-refractivity contribution is 6.05. The summed E-state index contributed by atoms with van der Waals surface area (Å²) in [4.78, 5) is 24.3. The molecule has 7 heteroatoms. The second-order valence-electron chi connectivity index (χ2n) is 7.33. The lowest BCUT2D eigenvalue weighted by Gasteiger charge is -2.09. The number of hydrogen-bond donors (Lipinski definition) is 2. The Bertz CT molecular complexity index is 1140. The van der Waals surface area contributed by atoms with E-state index in [0.29, 0.717) is 22.7 Å². The number of hydrogen-bond acceptors (Lipinski definition) is 4. The lowest BCUT2D eigenvalue weighted by molar-refractivity contribution is -0.123. The maximum atomic E-state index is 13.0. The number of carbonyl (C=O) groups excluding carboxylic acids is 2. The van der Waals surface area contributed by atoms with Crippen LogP contribution in [0.1, 0.15) is 34.0 Å². The van der Waals surface area contributed by atoms with E-state index in [2.05, 4.69) is 15.8 Å². The van der Waals surface area contributed by atoms with Gasteiger partial charge in [0.2, 0.25) is 0 Å². The molecule has 3 aromatic carbocycles. The highest BCUT2D eigenvalue weighted by atomic mass is 19.1. The van der Waals surface area contributed by atoms with E-state index in [-0.39, 0.29) is 18.4 Å². The molecule has 0 atom stereocenters. The van der Waals surface area contributed by atoms with Gasteiger partial charge in [-0.25, -0.2) is 9.82 Å². The minimum absolute atomic E-state index is 0.143. The number of nitrogens with zero attached hydrogens (tertiary/aromatic N) is 1. The Labute approximate surface area is 186 Å². The third-order valence-electron chi connectivity index (χ3n) is 4.72. The van der Waals surface area contributed by atoms with Gasteiger partial charge in [0.25, 0.3) is 11.8 Å². The van der Waals surface area contributed by atoms with Crippen LogP contribution in [0, 0.1) is 19.7 Å². The number of halogens is 1. The number of anilines is 1. The normalized spacial score (nSPS) is 11.1. The average Bonchev–Trinajstić information content (AvgIpc) is 2.79. The minimum Gasteiger partial charge on any atom is -0.483 e. The molecule has 3 aromatic rings. The van der Waals surface area contributed by atoms with Gasteiger partial charge in [0.1, 0.15) is 11.6 Å². The van der Waals surface area contributed by atoms with Crippen LogP contribution in [0.15, 0.2) is 71.8 Å². The number of nitrogens with one attached hydrogen (secondary N) is 2. The van der Waals surface area contributed by atoms with Crippen LogP contribution in [0.3, 0.4) is 0 Å². The summed E-state index contributed by atoms with van der Waals surface area (Å²) in [6, 6.07) is 18.1. The molecule has 0 unspecified atom stereocenters. The number of rotatable bonds is 7. The maximum absolute atomic E-state index is 13.0. The van der Waals surface area contributed by atoms with Crippen LogP contribution < -0.4 is 15.5 Å². The van der Waals surface area contributed by atoms with Gasteiger partial charge in [-0.1, -0.05) is 24.3 Å². The highest BCUT2D eigenvalue weighted by Gasteiger charge is 2.08. The van der Waals surface area contributed by atoms with Crippen molar-refractivity contribution in [2.75, 3.05) is 11.9 Å². The third kappa shape index (κ3) is 6.25. The fraction of sp³-hybridized carbons (Fsp3) is 0.160. The predicted molar refractivity (Wildman–Crippen MR) is 123 cm³/mol. The van der Waals surface area contributed by atoms with Crippen molar-refractivity contribution < 1.29 is 18.7 Å². The Morgan fingerprint density at radius 1 is 0.938 bits per heavy atom. The number of carbonyl (C=O) groups is 2. The molecule has 2 amide bonds. The minimum atomic E-state index is -0.399. The molecule has 0 aromatic heterocycles. The van der Waals surface area contributed by atoms with Crippen LogP contribution in [0.5, 0.6) is 5.75 Å². The number of hydrazone groups is 1. The Balaban J connectivity index is 1.53. The molecule has 0 bridgehead atoms. The molecule has 164 valence electrons. The van der Waals surface area contributed by atoms with E-state index >= 15 is 0 Å². The first kappa shape index (κ1) is 22.7. The molecule has 0 aliphatic rings. The van der Waals surface area contributed by atoms with Gasteiger partial charge in [0, 0.05) is 11.3 Å². The van der Waals surface area contributed by atoms with Crippen LogP contribution in [0.4, 0.5) is 10.1 Å². The molecule has 0 aliphatic heterocycles. The largest absolute Gasteiger partial charge is 0.483 e. The molecule has 2 N–H and O–H groups in total. The van der Waals surface area contributed by atoms with E-state index in [1.54, 1.807) is 31.2 Å². The van der Waals surface area contributed by atoms with Gasteiger partial charge >= 0.3 is 0 Å². The summed E-state index contributed by atoms with van der Waals surface area (Å²) < 4.78 is 18.6. The molecule has 32 heavy (non-hydrogen) atoms. The fourth-order valence-corrected chi connectivity index (χ4v) is 2.85. The standard InChI is InChI=1S/C25H24FN3O3/c1-16-4-5-17(2)23(14-16)32-15-24(30)29-28-18(3)19-8-12-22(13-9-19)27-25(31)20-6-10-21(26)11-7-20/h4-14H,15H2,1-3H3,(H,27,31)(H,29,30)/b28-18-. The summed E-state index contributed by atoms with van der Waals surface area (Å²) in [6.07, 6.45) is 0. The molecule has 0 saturated carbocycles. The Morgan fingerprint density at radius 3 is 2.28 bits per heavy atom. The highest BCUT2D eigenvalue weighted by Crippen LogP contribution is 2.19. The third-order valence-corrected chi connectivity index (χ3v) is 4.72. The molecule has 0 fully saturated rings. The summed E-state index contributed by atoms with van der Waals surface area (Å²) >= 11 is 0. The zero-order chi connectivity index (χ0) is 23.1. The summed E-state index contributed by atoms with van der Waals surface area (Å²) in [5, 5.41) is 6.85. The molecule has 0 aliphatic carbocycles. The average molecular weight is 433 g/mol. The van der Waals surface area contributed by atoms with Gasteiger partial charge in [-0.15, -0.1) is 0 Å². The van der Waals surface area contributed by atoms with E-state index < -0.39 is 5.82 Å². The molecular formula is C25H24FN3O3. The first-order valence-corrected chi connectivity index (χ1v) is 10.0. The molecule has 0 radical (unpaired) electrons. The SMILES string of the molecule is C/C(=N/NC(=O)COc1cc(C)ccc1C)c1ccc(NC(=O)c2ccc(F)cc2)cc1. The molecule has 3 rings (SSSR count). The first-order valence-electron chi connectivity index (χ1n) is 10.0. The Hall–Kier alpha value is -4.00. The van der Waals surface area contributed by atoms with E-state index in [1.807, 2.05) is 32.0 Å². The van der Waals surface area contributed by atoms with Gasteiger partial charge in [0.05, 0.1) is 5.71 Å². The number of amides is 2. The molecule has 0 saturated heterocycles. The van der Waals surface area contributed by atoms with Crippen LogP contribution in [0.25, 0.3) is 0 Å². The van der Waals surface area contributed by atoms with E-state index in [0.717, 1.165) is 16.7 Å². The van der Waals surface area contributed by atoms with Crippen molar-refractivity contribution >= 4 is 23.2 Å². The van der Waals surface area contributed by atoms with E-state index in [4.69, 9.17) is 4.74 Å². The zero-order valence-electron chi connectivity index (χ0n) is 18.1. The summed E-state index contributed by atoms with van der Waals surface area (Å²) in [5.41, 5.74) is 6.81. The van der Waals surface area contributed by atoms with Crippen LogP contribution in [0.2, 0.25) is 0 Å². The van der Waals surface area contributed by atoms with Gasteiger partial charge in [-0.05, 0) is 79.9 Å². The summed E-state index contributed by atoms with van der Waals surface area (Å²) in [5.74, 6) is -0.434. The van der Waals surface area contributed by atoms with Gasteiger partial charge in [-0.2, -0.15) is 5.10 Å². The second kappa shape index (κ2) is 10.3. The number of benzene rings is 3. The van der Waals surface area contributed by atoms with Gasteiger partial charge < -0.3 is 10.1 Å². The molecule has 0 heterocycles. The van der Waals surface area contributed by atoms with E-state index in [9.17, 15) is 14.0 Å². The monoisotopic (exact) mass is 433 g/mol. The molecule has 0 spiro atoms. The summed E-state index contributed by atoms with van der Waals surface area (Å²) in [6.45, 7) is 5.49. The van der Waals surface area contributed by atoms with Crippen LogP contribution in [-0.4, -0.2) is 24.1 Å². The lowest BCUT2D eigenvalue weighted by Crippen LogP contribution is -2.25. The van der Waals surface area contributed by atoms with Crippen molar-refractivity contribution in [3.8, 4) is 5.75 Å². The van der Waals surface area contributed by atoms with Crippen molar-refractivity contribution in [2.45, 2.75) is 20.8 Å². The predicted octanol–water partition coefficient (Wildman–Crippen LogP) is 4.61. The van der Waals surface area contributed by atoms with Gasteiger partial charge in [-0.3, -0.25) is 9.59 Å². The fourth-order valence-electron chi connectivity index (χ4n) is 2.85. The van der Waals surface area contributed by atoms with Crippen LogP contribution >= 0.6 is 0 Å². The van der Waals surface area contributed by atoms with Crippen molar-refractivity contribution in [3.63, 3.8) is 0 Å². The number of aryl methyl sites for hydroxylation is 2. The number of ether oxygens (including phenoxy) is 1. The second-order valence-corrected chi connectivity index (χ2v) is 7.33. The lowest BCUT2D eigenvalue weighted by atomic mass is 10.1. The smallest absolute Gasteiger partial charge is 0.277 e. The van der Waals surface area contributed by atoms with E-state index in [1.165, 1.54) is 24.3 Å². The van der Waals surface area contributed by atoms with Crippen molar-refractivity contribution in [1.82, 2.24) is 5.43 Å². The first-order chi connectivity index (χ1) is 15.3. The Kier molecular flexibility index (Phi) is 7.33. The van der Waals surface area contributed by atoms with Crippen molar-refractivity contribution in [2.24, 2.45) is 5.10 Å². The maximum Gasteiger partial charge on any atom is 0.277 e. The zero-order valence-corrected chi connectivity index (χ0v) is 18.1. The molecule has 6 nitrogen and oxygen atoms in total. The Morgan fingerprint density at radius 2 is 1.59 bits per heavy atom.